The van der Waals surface area contributed by atoms with E-state index in [1.165, 1.54) is 10.6 Å². The van der Waals surface area contributed by atoms with Gasteiger partial charge in [0.15, 0.2) is 0 Å². The number of halogens is 1. The van der Waals surface area contributed by atoms with E-state index in [-0.39, 0.29) is 22.6 Å². The van der Waals surface area contributed by atoms with Gasteiger partial charge in [-0.1, -0.05) is 42.1 Å². The summed E-state index contributed by atoms with van der Waals surface area (Å²) in [5.41, 5.74) is 3.24. The highest BCUT2D eigenvalue weighted by Crippen LogP contribution is 2.44. The number of fused-ring (bicyclic) bond motifs is 1. The first kappa shape index (κ1) is 20.5. The average molecular weight is 426 g/mol. The van der Waals surface area contributed by atoms with Gasteiger partial charge in [-0.25, -0.2) is 0 Å². The van der Waals surface area contributed by atoms with Crippen LogP contribution in [0.2, 0.25) is 5.02 Å². The Bertz CT molecular complexity index is 1140. The minimum atomic E-state index is -0.902. The summed E-state index contributed by atoms with van der Waals surface area (Å²) in [5, 5.41) is 21.0. The van der Waals surface area contributed by atoms with Gasteiger partial charge in [-0.15, -0.1) is 0 Å². The number of hydrogen-bond donors (Lipinski definition) is 2. The molecule has 1 aliphatic carbocycles. The molecule has 0 bridgehead atoms. The van der Waals surface area contributed by atoms with Crippen LogP contribution in [0.5, 0.6) is 5.75 Å². The van der Waals surface area contributed by atoms with Crippen molar-refractivity contribution in [3.63, 3.8) is 0 Å². The van der Waals surface area contributed by atoms with E-state index in [2.05, 4.69) is 0 Å². The molecule has 1 atom stereocenters. The first-order valence-corrected chi connectivity index (χ1v) is 10.5. The molecule has 2 aromatic carbocycles. The van der Waals surface area contributed by atoms with Crippen molar-refractivity contribution >= 4 is 34.4 Å². The second-order valence-corrected chi connectivity index (χ2v) is 8.59. The Kier molecular flexibility index (Phi) is 5.33. The molecular weight excluding hydrogens is 402 g/mol. The highest BCUT2D eigenvalue weighted by atomic mass is 35.5. The van der Waals surface area contributed by atoms with Crippen LogP contribution in [-0.2, 0) is 4.79 Å². The minimum Gasteiger partial charge on any atom is -0.506 e. The quantitative estimate of drug-likeness (QED) is 0.564. The number of carboxylic acids is 1. The molecule has 4 rings (SSSR count). The second-order valence-electron chi connectivity index (χ2n) is 8.19. The molecule has 1 heterocycles. The van der Waals surface area contributed by atoms with E-state index >= 15 is 0 Å². The van der Waals surface area contributed by atoms with Crippen LogP contribution in [0.3, 0.4) is 0 Å². The maximum atomic E-state index is 13.4. The van der Waals surface area contributed by atoms with E-state index in [1.54, 1.807) is 25.1 Å². The first-order valence-electron chi connectivity index (χ1n) is 10.2. The highest BCUT2D eigenvalue weighted by Gasteiger charge is 2.36. The molecule has 0 saturated heterocycles. The van der Waals surface area contributed by atoms with Crippen LogP contribution in [0.25, 0.3) is 10.9 Å². The van der Waals surface area contributed by atoms with E-state index < -0.39 is 11.9 Å². The first-order chi connectivity index (χ1) is 14.3. The average Bonchev–Trinajstić information content (AvgIpc) is 3.31. The lowest BCUT2D eigenvalue weighted by molar-refractivity contribution is -0.140. The van der Waals surface area contributed by atoms with Gasteiger partial charge in [0.2, 0.25) is 0 Å². The summed E-state index contributed by atoms with van der Waals surface area (Å²) >= 11 is 6.17. The van der Waals surface area contributed by atoms with E-state index in [1.807, 2.05) is 19.1 Å². The zero-order valence-corrected chi connectivity index (χ0v) is 17.7. The summed E-state index contributed by atoms with van der Waals surface area (Å²) in [6.45, 7) is 3.72. The van der Waals surface area contributed by atoms with Crippen molar-refractivity contribution in [1.82, 2.24) is 4.57 Å². The lowest BCUT2D eigenvalue weighted by Gasteiger charge is -2.20. The Balaban J connectivity index is 1.98. The van der Waals surface area contributed by atoms with Crippen molar-refractivity contribution in [2.75, 3.05) is 0 Å². The fourth-order valence-corrected chi connectivity index (χ4v) is 4.94. The number of phenolic OH excluding ortho intramolecular Hbond substituents is 1. The summed E-state index contributed by atoms with van der Waals surface area (Å²) in [5.74, 6) is -2.00. The van der Waals surface area contributed by atoms with E-state index in [4.69, 9.17) is 11.6 Å². The fraction of sp³-hybridized carbons (Fsp3) is 0.333. The molecule has 5 nitrogen and oxygen atoms in total. The molecule has 2 N–H and O–H groups in total. The fourth-order valence-electron chi connectivity index (χ4n) is 4.78. The minimum absolute atomic E-state index is 0.00699. The van der Waals surface area contributed by atoms with Gasteiger partial charge in [-0.2, -0.15) is 0 Å². The normalized spacial score (nSPS) is 15.6. The topological polar surface area (TPSA) is 79.5 Å². The van der Waals surface area contributed by atoms with Crippen molar-refractivity contribution in [2.45, 2.75) is 45.4 Å². The number of aromatic hydroxyl groups is 1. The summed E-state index contributed by atoms with van der Waals surface area (Å²) in [6.07, 6.45) is 3.69. The van der Waals surface area contributed by atoms with Crippen molar-refractivity contribution < 1.29 is 19.8 Å². The number of rotatable bonds is 4. The molecule has 0 radical (unpaired) electrons. The van der Waals surface area contributed by atoms with Gasteiger partial charge in [0.05, 0.1) is 16.5 Å². The number of carboxylic acid groups (broad SMARTS) is 1. The number of aryl methyl sites for hydroxylation is 1. The molecule has 1 saturated carbocycles. The summed E-state index contributed by atoms with van der Waals surface area (Å²) in [7, 11) is 0. The molecule has 0 aliphatic heterocycles. The largest absolute Gasteiger partial charge is 0.506 e. The summed E-state index contributed by atoms with van der Waals surface area (Å²) in [6, 6.07) is 10.3. The lowest BCUT2D eigenvalue weighted by atomic mass is 9.83. The number of phenols is 1. The Morgan fingerprint density at radius 3 is 2.33 bits per heavy atom. The maximum Gasteiger partial charge on any atom is 0.311 e. The third-order valence-corrected chi connectivity index (χ3v) is 6.57. The molecule has 1 aliphatic rings. The summed E-state index contributed by atoms with van der Waals surface area (Å²) < 4.78 is 1.53. The molecule has 0 amide bonds. The van der Waals surface area contributed by atoms with Gasteiger partial charge in [-0.05, 0) is 62.4 Å². The number of benzene rings is 2. The molecular formula is C24H24ClNO4. The Hall–Kier alpha value is -2.79. The van der Waals surface area contributed by atoms with Gasteiger partial charge in [0, 0.05) is 16.6 Å². The van der Waals surface area contributed by atoms with Gasteiger partial charge in [0.1, 0.15) is 5.75 Å². The predicted molar refractivity (Wildman–Crippen MR) is 117 cm³/mol. The predicted octanol–water partition coefficient (Wildman–Crippen LogP) is 5.66. The number of aliphatic carboxylic acids is 1. The van der Waals surface area contributed by atoms with Gasteiger partial charge >= 0.3 is 5.97 Å². The zero-order chi connectivity index (χ0) is 21.6. The third kappa shape index (κ3) is 3.37. The van der Waals surface area contributed by atoms with Crippen LogP contribution in [0, 0.1) is 19.8 Å². The standard InChI is InChI=1S/C24H24ClNO4/c1-13-7-9-16(10-8-13)23(28)26-14(2)21(17-11-20(27)18(25)12-19(17)26)22(24(29)30)15-5-3-4-6-15/h7-12,15,22,27H,3-6H2,1-2H3,(H,29,30). The zero-order valence-electron chi connectivity index (χ0n) is 17.0. The molecule has 156 valence electrons. The molecule has 1 fully saturated rings. The van der Waals surface area contributed by atoms with E-state index in [0.717, 1.165) is 31.2 Å². The van der Waals surface area contributed by atoms with E-state index in [0.29, 0.717) is 27.7 Å². The van der Waals surface area contributed by atoms with Crippen LogP contribution in [0.15, 0.2) is 36.4 Å². The van der Waals surface area contributed by atoms with Gasteiger partial charge in [0.25, 0.3) is 5.91 Å². The number of aromatic nitrogens is 1. The van der Waals surface area contributed by atoms with E-state index in [9.17, 15) is 19.8 Å². The Morgan fingerprint density at radius 1 is 1.10 bits per heavy atom. The molecule has 1 unspecified atom stereocenters. The van der Waals surface area contributed by atoms with Crippen molar-refractivity contribution in [2.24, 2.45) is 5.92 Å². The van der Waals surface area contributed by atoms with Crippen molar-refractivity contribution in [1.29, 1.82) is 0 Å². The van der Waals surface area contributed by atoms with Gasteiger partial charge < -0.3 is 10.2 Å². The van der Waals surface area contributed by atoms with Crippen LogP contribution in [0.1, 0.15) is 58.8 Å². The lowest BCUT2D eigenvalue weighted by Crippen LogP contribution is -2.21. The Morgan fingerprint density at radius 2 is 1.73 bits per heavy atom. The molecule has 1 aromatic heterocycles. The third-order valence-electron chi connectivity index (χ3n) is 6.27. The van der Waals surface area contributed by atoms with Crippen LogP contribution < -0.4 is 0 Å². The number of carbonyl (C=O) groups is 2. The monoisotopic (exact) mass is 425 g/mol. The highest BCUT2D eigenvalue weighted by molar-refractivity contribution is 6.33. The van der Waals surface area contributed by atoms with Crippen LogP contribution >= 0.6 is 11.6 Å². The van der Waals surface area contributed by atoms with Gasteiger partial charge in [-0.3, -0.25) is 14.2 Å². The van der Waals surface area contributed by atoms with Crippen LogP contribution in [0.4, 0.5) is 0 Å². The molecule has 3 aromatic rings. The molecule has 6 heteroatoms. The van der Waals surface area contributed by atoms with Crippen molar-refractivity contribution in [3.05, 3.63) is 63.8 Å². The number of carbonyl (C=O) groups excluding carboxylic acids is 1. The summed E-state index contributed by atoms with van der Waals surface area (Å²) in [4.78, 5) is 25.8. The molecule has 30 heavy (non-hydrogen) atoms. The molecule has 0 spiro atoms. The number of nitrogens with zero attached hydrogens (tertiary/aromatic N) is 1. The van der Waals surface area contributed by atoms with Crippen molar-refractivity contribution in [3.8, 4) is 5.75 Å². The number of hydrogen-bond acceptors (Lipinski definition) is 3. The Labute approximate surface area is 179 Å². The smallest absolute Gasteiger partial charge is 0.311 e. The SMILES string of the molecule is Cc1ccc(C(=O)n2c(C)c(C(C(=O)O)C3CCCC3)c3cc(O)c(Cl)cc32)cc1. The maximum absolute atomic E-state index is 13.4. The second kappa shape index (κ2) is 7.80. The van der Waals surface area contributed by atoms with Crippen LogP contribution in [-0.4, -0.2) is 26.7 Å².